The highest BCUT2D eigenvalue weighted by Crippen LogP contribution is 2.16. The minimum Gasteiger partial charge on any atom is -0.481 e. The number of aromatic nitrogens is 2. The Kier molecular flexibility index (Phi) is 4.79. The lowest BCUT2D eigenvalue weighted by Gasteiger charge is -2.09. The van der Waals surface area contributed by atoms with E-state index in [0.29, 0.717) is 5.88 Å². The number of rotatable bonds is 6. The van der Waals surface area contributed by atoms with E-state index in [4.69, 9.17) is 4.74 Å². The summed E-state index contributed by atoms with van der Waals surface area (Å²) in [7, 11) is 1.65. The zero-order valence-corrected chi connectivity index (χ0v) is 12.7. The van der Waals surface area contributed by atoms with Gasteiger partial charge in [-0.1, -0.05) is 6.07 Å². The number of methoxy groups -OCH3 is 1. The SMILES string of the molecule is CCn1c(C)cc(CNCc2cccnc2OC)c1C. The Morgan fingerprint density at radius 1 is 1.25 bits per heavy atom. The van der Waals surface area contributed by atoms with E-state index in [1.54, 1.807) is 13.3 Å². The number of pyridine rings is 1. The van der Waals surface area contributed by atoms with Gasteiger partial charge in [-0.25, -0.2) is 4.98 Å². The van der Waals surface area contributed by atoms with Gasteiger partial charge in [0.1, 0.15) is 0 Å². The van der Waals surface area contributed by atoms with Gasteiger partial charge in [-0.2, -0.15) is 0 Å². The first kappa shape index (κ1) is 14.6. The van der Waals surface area contributed by atoms with Crippen molar-refractivity contribution in [3.8, 4) is 5.88 Å². The molecule has 0 spiro atoms. The predicted molar refractivity (Wildman–Crippen MR) is 80.9 cm³/mol. The van der Waals surface area contributed by atoms with Gasteiger partial charge in [0.05, 0.1) is 7.11 Å². The maximum absolute atomic E-state index is 5.26. The molecule has 20 heavy (non-hydrogen) atoms. The van der Waals surface area contributed by atoms with Crippen LogP contribution in [0.1, 0.15) is 29.4 Å². The van der Waals surface area contributed by atoms with Crippen molar-refractivity contribution in [3.05, 3.63) is 46.9 Å². The first-order chi connectivity index (χ1) is 9.67. The summed E-state index contributed by atoms with van der Waals surface area (Å²) >= 11 is 0. The summed E-state index contributed by atoms with van der Waals surface area (Å²) in [5, 5.41) is 3.46. The lowest BCUT2D eigenvalue weighted by atomic mass is 10.2. The Hall–Kier alpha value is -1.81. The Labute approximate surface area is 120 Å². The third-order valence-electron chi connectivity index (χ3n) is 3.67. The first-order valence-corrected chi connectivity index (χ1v) is 7.01. The van der Waals surface area contributed by atoms with Crippen molar-refractivity contribution in [2.75, 3.05) is 7.11 Å². The highest BCUT2D eigenvalue weighted by Gasteiger charge is 2.08. The second-order valence-electron chi connectivity index (χ2n) is 4.92. The van der Waals surface area contributed by atoms with E-state index in [9.17, 15) is 0 Å². The van der Waals surface area contributed by atoms with E-state index in [2.05, 4.69) is 41.7 Å². The molecule has 0 atom stereocenters. The van der Waals surface area contributed by atoms with Crippen LogP contribution in [0.25, 0.3) is 0 Å². The molecule has 2 heterocycles. The number of ether oxygens (including phenoxy) is 1. The molecular weight excluding hydrogens is 250 g/mol. The highest BCUT2D eigenvalue weighted by molar-refractivity contribution is 5.28. The lowest BCUT2D eigenvalue weighted by molar-refractivity contribution is 0.390. The molecule has 0 unspecified atom stereocenters. The Morgan fingerprint density at radius 3 is 2.65 bits per heavy atom. The van der Waals surface area contributed by atoms with E-state index in [1.807, 2.05) is 12.1 Å². The van der Waals surface area contributed by atoms with Crippen LogP contribution in [0.4, 0.5) is 0 Å². The van der Waals surface area contributed by atoms with Crippen molar-refractivity contribution in [2.45, 2.75) is 40.4 Å². The van der Waals surface area contributed by atoms with Crippen molar-refractivity contribution in [1.82, 2.24) is 14.9 Å². The van der Waals surface area contributed by atoms with Crippen LogP contribution >= 0.6 is 0 Å². The quantitative estimate of drug-likeness (QED) is 0.879. The average molecular weight is 273 g/mol. The maximum Gasteiger partial charge on any atom is 0.217 e. The van der Waals surface area contributed by atoms with Crippen LogP contribution in [0.2, 0.25) is 0 Å². The fourth-order valence-electron chi connectivity index (χ4n) is 2.61. The number of nitrogens with zero attached hydrogens (tertiary/aromatic N) is 2. The third kappa shape index (κ3) is 3.02. The van der Waals surface area contributed by atoms with Gasteiger partial charge in [0.2, 0.25) is 5.88 Å². The van der Waals surface area contributed by atoms with Gasteiger partial charge in [-0.3, -0.25) is 0 Å². The van der Waals surface area contributed by atoms with Crippen molar-refractivity contribution in [1.29, 1.82) is 0 Å². The highest BCUT2D eigenvalue weighted by atomic mass is 16.5. The second kappa shape index (κ2) is 6.57. The first-order valence-electron chi connectivity index (χ1n) is 7.01. The molecule has 0 amide bonds. The molecule has 4 nitrogen and oxygen atoms in total. The van der Waals surface area contributed by atoms with Crippen molar-refractivity contribution in [2.24, 2.45) is 0 Å². The van der Waals surface area contributed by atoms with E-state index in [-0.39, 0.29) is 0 Å². The standard InChI is InChI=1S/C16H23N3O/c1-5-19-12(2)9-15(13(19)3)11-17-10-14-7-6-8-18-16(14)20-4/h6-9,17H,5,10-11H2,1-4H3. The van der Waals surface area contributed by atoms with Crippen molar-refractivity contribution in [3.63, 3.8) is 0 Å². The fourth-order valence-corrected chi connectivity index (χ4v) is 2.61. The van der Waals surface area contributed by atoms with Crippen molar-refractivity contribution >= 4 is 0 Å². The lowest BCUT2D eigenvalue weighted by Crippen LogP contribution is -2.14. The van der Waals surface area contributed by atoms with Crippen LogP contribution in [0.5, 0.6) is 5.88 Å². The molecular formula is C16H23N3O. The monoisotopic (exact) mass is 273 g/mol. The maximum atomic E-state index is 5.26. The van der Waals surface area contributed by atoms with E-state index in [1.165, 1.54) is 17.0 Å². The zero-order valence-electron chi connectivity index (χ0n) is 12.7. The zero-order chi connectivity index (χ0) is 14.5. The number of hydrogen-bond acceptors (Lipinski definition) is 3. The molecule has 0 fully saturated rings. The number of nitrogens with one attached hydrogen (secondary N) is 1. The molecule has 0 aliphatic carbocycles. The Morgan fingerprint density at radius 2 is 2.00 bits per heavy atom. The van der Waals surface area contributed by atoms with E-state index < -0.39 is 0 Å². The van der Waals surface area contributed by atoms with Crippen LogP contribution < -0.4 is 10.1 Å². The van der Waals surface area contributed by atoms with Gasteiger partial charge in [0.15, 0.2) is 0 Å². The van der Waals surface area contributed by atoms with E-state index in [0.717, 1.165) is 25.2 Å². The molecule has 0 aromatic carbocycles. The molecule has 0 aliphatic rings. The molecule has 2 aromatic heterocycles. The van der Waals surface area contributed by atoms with Crippen LogP contribution in [-0.2, 0) is 19.6 Å². The summed E-state index contributed by atoms with van der Waals surface area (Å²) in [6.45, 7) is 9.15. The molecule has 108 valence electrons. The van der Waals surface area contributed by atoms with Crippen LogP contribution in [0, 0.1) is 13.8 Å². The number of aryl methyl sites for hydroxylation is 1. The smallest absolute Gasteiger partial charge is 0.217 e. The molecule has 2 aromatic rings. The summed E-state index contributed by atoms with van der Waals surface area (Å²) in [6, 6.07) is 6.23. The fraction of sp³-hybridized carbons (Fsp3) is 0.438. The molecule has 1 N–H and O–H groups in total. The normalized spacial score (nSPS) is 10.8. The predicted octanol–water partition coefficient (Wildman–Crippen LogP) is 2.82. The molecule has 0 bridgehead atoms. The van der Waals surface area contributed by atoms with Crippen LogP contribution in [0.15, 0.2) is 24.4 Å². The van der Waals surface area contributed by atoms with Crippen molar-refractivity contribution < 1.29 is 4.74 Å². The summed E-state index contributed by atoms with van der Waals surface area (Å²) in [6.07, 6.45) is 1.75. The van der Waals surface area contributed by atoms with Gasteiger partial charge in [-0.05, 0) is 38.5 Å². The summed E-state index contributed by atoms with van der Waals surface area (Å²) in [4.78, 5) is 4.21. The van der Waals surface area contributed by atoms with Gasteiger partial charge in [-0.15, -0.1) is 0 Å². The van der Waals surface area contributed by atoms with Gasteiger partial charge >= 0.3 is 0 Å². The van der Waals surface area contributed by atoms with E-state index >= 15 is 0 Å². The van der Waals surface area contributed by atoms with Crippen LogP contribution in [0.3, 0.4) is 0 Å². The number of hydrogen-bond donors (Lipinski definition) is 1. The Balaban J connectivity index is 2.00. The molecule has 0 saturated carbocycles. The summed E-state index contributed by atoms with van der Waals surface area (Å²) in [5.41, 5.74) is 5.10. The largest absolute Gasteiger partial charge is 0.481 e. The molecule has 4 heteroatoms. The van der Waals surface area contributed by atoms with Gasteiger partial charge in [0.25, 0.3) is 0 Å². The van der Waals surface area contributed by atoms with Crippen LogP contribution in [-0.4, -0.2) is 16.7 Å². The molecule has 2 rings (SSSR count). The van der Waals surface area contributed by atoms with Gasteiger partial charge < -0.3 is 14.6 Å². The van der Waals surface area contributed by atoms with Gasteiger partial charge in [0, 0.05) is 42.8 Å². The third-order valence-corrected chi connectivity index (χ3v) is 3.67. The molecule has 0 radical (unpaired) electrons. The minimum absolute atomic E-state index is 0.694. The molecule has 0 aliphatic heterocycles. The second-order valence-corrected chi connectivity index (χ2v) is 4.92. The summed E-state index contributed by atoms with van der Waals surface area (Å²) < 4.78 is 7.59. The Bertz CT molecular complexity index is 575. The summed E-state index contributed by atoms with van der Waals surface area (Å²) in [5.74, 6) is 0.694. The topological polar surface area (TPSA) is 39.1 Å². The average Bonchev–Trinajstić information content (AvgIpc) is 2.73. The molecule has 0 saturated heterocycles. The minimum atomic E-state index is 0.694.